The summed E-state index contributed by atoms with van der Waals surface area (Å²) in [6, 6.07) is 1.09. The molecule has 1 amide bonds. The summed E-state index contributed by atoms with van der Waals surface area (Å²) in [7, 11) is 0. The van der Waals surface area contributed by atoms with E-state index in [1.165, 1.54) is 6.42 Å². The maximum Gasteiger partial charge on any atom is 0.408 e. The maximum absolute atomic E-state index is 11.3. The lowest BCUT2D eigenvalue weighted by Gasteiger charge is -2.41. The molecule has 0 aromatic heterocycles. The predicted octanol–water partition coefficient (Wildman–Crippen LogP) is 1.66. The summed E-state index contributed by atoms with van der Waals surface area (Å²) in [5, 5.41) is 12.8. The zero-order valence-electron chi connectivity index (χ0n) is 9.66. The first-order valence-electron chi connectivity index (χ1n) is 5.68. The van der Waals surface area contributed by atoms with Gasteiger partial charge < -0.3 is 10.4 Å². The van der Waals surface area contributed by atoms with Gasteiger partial charge in [-0.3, -0.25) is 4.90 Å². The highest BCUT2D eigenvalue weighted by atomic mass is 16.4. The van der Waals surface area contributed by atoms with E-state index in [9.17, 15) is 9.90 Å². The van der Waals surface area contributed by atoms with Gasteiger partial charge in [0.2, 0.25) is 0 Å². The third-order valence-electron chi connectivity index (χ3n) is 3.53. The Morgan fingerprint density at radius 2 is 2.07 bits per heavy atom. The normalized spacial score (nSPS) is 34.5. The van der Waals surface area contributed by atoms with Crippen molar-refractivity contribution in [3.63, 3.8) is 0 Å². The van der Waals surface area contributed by atoms with E-state index in [0.29, 0.717) is 12.1 Å². The Bertz CT molecular complexity index is 272. The van der Waals surface area contributed by atoms with Gasteiger partial charge in [0.1, 0.15) is 0 Å². The Kier molecular flexibility index (Phi) is 2.41. The summed E-state index contributed by atoms with van der Waals surface area (Å²) >= 11 is 0. The van der Waals surface area contributed by atoms with Gasteiger partial charge >= 0.3 is 6.09 Å². The number of nitrogens with one attached hydrogen (secondary N) is 1. The Morgan fingerprint density at radius 3 is 2.40 bits per heavy atom. The molecule has 4 nitrogen and oxygen atoms in total. The second-order valence-electron chi connectivity index (χ2n) is 5.67. The van der Waals surface area contributed by atoms with Crippen molar-refractivity contribution in [2.24, 2.45) is 0 Å². The van der Waals surface area contributed by atoms with E-state index in [1.807, 2.05) is 20.8 Å². The van der Waals surface area contributed by atoms with E-state index in [0.717, 1.165) is 12.8 Å². The summed E-state index contributed by atoms with van der Waals surface area (Å²) in [6.07, 6.45) is 2.52. The first-order valence-corrected chi connectivity index (χ1v) is 5.68. The largest absolute Gasteiger partial charge is 0.465 e. The molecule has 2 N–H and O–H groups in total. The second kappa shape index (κ2) is 3.37. The van der Waals surface area contributed by atoms with Crippen LogP contribution in [-0.4, -0.2) is 39.8 Å². The summed E-state index contributed by atoms with van der Waals surface area (Å²) < 4.78 is 0. The minimum absolute atomic E-state index is 0.168. The molecule has 15 heavy (non-hydrogen) atoms. The van der Waals surface area contributed by atoms with Gasteiger partial charge in [0.25, 0.3) is 0 Å². The van der Waals surface area contributed by atoms with Crippen molar-refractivity contribution in [3.8, 4) is 0 Å². The van der Waals surface area contributed by atoms with Crippen molar-refractivity contribution in [2.45, 2.75) is 63.7 Å². The first kappa shape index (κ1) is 10.7. The molecule has 3 atom stereocenters. The smallest absolute Gasteiger partial charge is 0.408 e. The molecule has 2 bridgehead atoms. The van der Waals surface area contributed by atoms with Crippen LogP contribution in [0, 0.1) is 0 Å². The number of carboxylic acid groups (broad SMARTS) is 1. The van der Waals surface area contributed by atoms with Crippen LogP contribution in [0.3, 0.4) is 0 Å². The molecule has 2 saturated heterocycles. The number of carbonyl (C=O) groups is 1. The number of rotatable bonds is 1. The topological polar surface area (TPSA) is 52.6 Å². The maximum atomic E-state index is 11.3. The highest BCUT2D eigenvalue weighted by molar-refractivity contribution is 5.66. The molecule has 4 heteroatoms. The van der Waals surface area contributed by atoms with Crippen LogP contribution in [0.5, 0.6) is 0 Å². The van der Waals surface area contributed by atoms with Crippen LogP contribution >= 0.6 is 0 Å². The van der Waals surface area contributed by atoms with E-state index in [1.54, 1.807) is 4.90 Å². The van der Waals surface area contributed by atoms with Gasteiger partial charge in [0.15, 0.2) is 0 Å². The van der Waals surface area contributed by atoms with Gasteiger partial charge in [-0.2, -0.15) is 0 Å². The van der Waals surface area contributed by atoms with Crippen LogP contribution in [0.15, 0.2) is 0 Å². The second-order valence-corrected chi connectivity index (χ2v) is 5.67. The standard InChI is InChI=1S/C11H20N2O2/c1-11(2,3)13(10(14)15)9-6-7-4-5-8(9)12-7/h7-9,12H,4-6H2,1-3H3,(H,14,15). The van der Waals surface area contributed by atoms with Crippen molar-refractivity contribution < 1.29 is 9.90 Å². The number of hydrogen-bond donors (Lipinski definition) is 2. The van der Waals surface area contributed by atoms with Crippen LogP contribution in [-0.2, 0) is 0 Å². The third kappa shape index (κ3) is 1.83. The fourth-order valence-electron chi connectivity index (χ4n) is 3.01. The van der Waals surface area contributed by atoms with Crippen LogP contribution in [0.1, 0.15) is 40.0 Å². The quantitative estimate of drug-likeness (QED) is 0.695. The Balaban J connectivity index is 2.16. The molecule has 86 valence electrons. The predicted molar refractivity (Wildman–Crippen MR) is 58.0 cm³/mol. The average Bonchev–Trinajstić information content (AvgIpc) is 2.60. The van der Waals surface area contributed by atoms with Gasteiger partial charge in [-0.05, 0) is 40.0 Å². The van der Waals surface area contributed by atoms with Gasteiger partial charge in [-0.15, -0.1) is 0 Å². The molecule has 2 aliphatic heterocycles. The van der Waals surface area contributed by atoms with Crippen molar-refractivity contribution in [3.05, 3.63) is 0 Å². The molecule has 0 spiro atoms. The van der Waals surface area contributed by atoms with E-state index in [-0.39, 0.29) is 11.6 Å². The molecule has 2 rings (SSSR count). The van der Waals surface area contributed by atoms with E-state index < -0.39 is 6.09 Å². The van der Waals surface area contributed by atoms with Crippen LogP contribution in [0.4, 0.5) is 4.79 Å². The lowest BCUT2D eigenvalue weighted by atomic mass is 9.91. The molecule has 0 aliphatic carbocycles. The van der Waals surface area contributed by atoms with Gasteiger partial charge in [0, 0.05) is 17.6 Å². The first-order chi connectivity index (χ1) is 6.89. The molecule has 0 saturated carbocycles. The fourth-order valence-corrected chi connectivity index (χ4v) is 3.01. The highest BCUT2D eigenvalue weighted by Gasteiger charge is 2.46. The zero-order valence-corrected chi connectivity index (χ0v) is 9.66. The summed E-state index contributed by atoms with van der Waals surface area (Å²) in [5.41, 5.74) is -0.303. The number of nitrogens with zero attached hydrogens (tertiary/aromatic N) is 1. The molecule has 2 aliphatic rings. The monoisotopic (exact) mass is 212 g/mol. The molecule has 0 aromatic rings. The fraction of sp³-hybridized carbons (Fsp3) is 0.909. The molecule has 3 unspecified atom stereocenters. The SMILES string of the molecule is CC(C)(C)N(C(=O)O)C1CC2CCC1N2. The summed E-state index contributed by atoms with van der Waals surface area (Å²) in [6.45, 7) is 5.90. The molecule has 0 aromatic carbocycles. The number of fused-ring (bicyclic) bond motifs is 2. The summed E-state index contributed by atoms with van der Waals surface area (Å²) in [4.78, 5) is 12.9. The third-order valence-corrected chi connectivity index (χ3v) is 3.53. The number of hydrogen-bond acceptors (Lipinski definition) is 2. The molecular weight excluding hydrogens is 192 g/mol. The molecular formula is C11H20N2O2. The minimum atomic E-state index is -0.790. The van der Waals surface area contributed by atoms with E-state index >= 15 is 0 Å². The Morgan fingerprint density at radius 1 is 1.40 bits per heavy atom. The molecule has 0 radical (unpaired) electrons. The van der Waals surface area contributed by atoms with Crippen LogP contribution in [0.25, 0.3) is 0 Å². The van der Waals surface area contributed by atoms with Crippen molar-refractivity contribution in [1.29, 1.82) is 0 Å². The van der Waals surface area contributed by atoms with Crippen LogP contribution < -0.4 is 5.32 Å². The van der Waals surface area contributed by atoms with Crippen molar-refractivity contribution >= 4 is 6.09 Å². The van der Waals surface area contributed by atoms with Gasteiger partial charge in [-0.25, -0.2) is 4.79 Å². The zero-order chi connectivity index (χ0) is 11.2. The number of amides is 1. The van der Waals surface area contributed by atoms with Crippen LogP contribution in [0.2, 0.25) is 0 Å². The lowest BCUT2D eigenvalue weighted by Crippen LogP contribution is -2.55. The van der Waals surface area contributed by atoms with E-state index in [2.05, 4.69) is 5.32 Å². The average molecular weight is 212 g/mol. The van der Waals surface area contributed by atoms with Gasteiger partial charge in [-0.1, -0.05) is 0 Å². The van der Waals surface area contributed by atoms with E-state index in [4.69, 9.17) is 0 Å². The van der Waals surface area contributed by atoms with Gasteiger partial charge in [0.05, 0.1) is 6.04 Å². The molecule has 2 heterocycles. The Labute approximate surface area is 90.6 Å². The Hall–Kier alpha value is -0.770. The summed E-state index contributed by atoms with van der Waals surface area (Å²) in [5.74, 6) is 0. The lowest BCUT2D eigenvalue weighted by molar-refractivity contribution is 0.0616. The molecule has 2 fully saturated rings. The van der Waals surface area contributed by atoms with Crippen molar-refractivity contribution in [2.75, 3.05) is 0 Å². The minimum Gasteiger partial charge on any atom is -0.465 e. The highest BCUT2D eigenvalue weighted by Crippen LogP contribution is 2.34. The van der Waals surface area contributed by atoms with Crippen molar-refractivity contribution in [1.82, 2.24) is 10.2 Å².